The maximum absolute atomic E-state index is 12.5. The Labute approximate surface area is 161 Å². The first kappa shape index (κ1) is 18.7. The number of rotatable bonds is 5. The number of hydrogen-bond donors (Lipinski definition) is 1. The molecule has 0 aliphatic carbocycles. The Morgan fingerprint density at radius 2 is 1.85 bits per heavy atom. The maximum atomic E-state index is 12.5. The topological polar surface area (TPSA) is 75.7 Å². The van der Waals surface area contributed by atoms with Crippen LogP contribution in [0.25, 0.3) is 0 Å². The molecule has 2 aromatic carbocycles. The molecule has 0 aromatic heterocycles. The summed E-state index contributed by atoms with van der Waals surface area (Å²) >= 11 is 3.28. The molecule has 1 aliphatic heterocycles. The summed E-state index contributed by atoms with van der Waals surface area (Å²) in [5.74, 6) is 0.508. The molecule has 3 rings (SSSR count). The van der Waals surface area contributed by atoms with Crippen LogP contribution in [0.2, 0.25) is 0 Å². The third-order valence-corrected chi connectivity index (χ3v) is 6.10. The van der Waals surface area contributed by atoms with Crippen molar-refractivity contribution in [2.24, 2.45) is 0 Å². The van der Waals surface area contributed by atoms with Gasteiger partial charge in [-0.3, -0.25) is 9.52 Å². The number of halogens is 1. The highest BCUT2D eigenvalue weighted by molar-refractivity contribution is 9.10. The van der Waals surface area contributed by atoms with Crippen LogP contribution in [0, 0.1) is 0 Å². The average Bonchev–Trinajstić information content (AvgIpc) is 2.62. The minimum Gasteiger partial charge on any atom is -0.494 e. The molecule has 0 bridgehead atoms. The van der Waals surface area contributed by atoms with Gasteiger partial charge in [0.25, 0.3) is 10.0 Å². The van der Waals surface area contributed by atoms with Crippen LogP contribution in [-0.4, -0.2) is 28.0 Å². The van der Waals surface area contributed by atoms with Crippen molar-refractivity contribution >= 4 is 43.2 Å². The Bertz CT molecular complexity index is 913. The van der Waals surface area contributed by atoms with Crippen LogP contribution in [0.3, 0.4) is 0 Å². The second kappa shape index (κ2) is 7.67. The highest BCUT2D eigenvalue weighted by atomic mass is 79.9. The minimum absolute atomic E-state index is 0.0535. The molecular formula is C18H19BrN2O4S. The fourth-order valence-corrected chi connectivity index (χ4v) is 4.17. The van der Waals surface area contributed by atoms with E-state index in [4.69, 9.17) is 4.74 Å². The van der Waals surface area contributed by atoms with Gasteiger partial charge in [0.15, 0.2) is 0 Å². The van der Waals surface area contributed by atoms with Gasteiger partial charge in [0, 0.05) is 23.5 Å². The lowest BCUT2D eigenvalue weighted by molar-refractivity contribution is -0.119. The van der Waals surface area contributed by atoms with E-state index in [9.17, 15) is 13.2 Å². The molecule has 0 radical (unpaired) electrons. The van der Waals surface area contributed by atoms with Crippen LogP contribution < -0.4 is 14.4 Å². The van der Waals surface area contributed by atoms with Crippen molar-refractivity contribution in [3.8, 4) is 5.75 Å². The number of nitrogens with one attached hydrogen (secondary N) is 1. The smallest absolute Gasteiger partial charge is 0.261 e. The largest absolute Gasteiger partial charge is 0.494 e. The number of ether oxygens (including phenoxy) is 1. The van der Waals surface area contributed by atoms with E-state index in [1.807, 2.05) is 0 Å². The number of sulfonamides is 1. The average molecular weight is 439 g/mol. The van der Waals surface area contributed by atoms with Crippen LogP contribution in [0.1, 0.15) is 19.3 Å². The van der Waals surface area contributed by atoms with Crippen molar-refractivity contribution < 1.29 is 17.9 Å². The van der Waals surface area contributed by atoms with Crippen LogP contribution in [0.4, 0.5) is 11.4 Å². The lowest BCUT2D eigenvalue weighted by atomic mass is 10.1. The lowest BCUT2D eigenvalue weighted by Crippen LogP contribution is -2.35. The lowest BCUT2D eigenvalue weighted by Gasteiger charge is -2.28. The van der Waals surface area contributed by atoms with Crippen molar-refractivity contribution in [1.29, 1.82) is 0 Å². The zero-order valence-electron chi connectivity index (χ0n) is 14.2. The van der Waals surface area contributed by atoms with Gasteiger partial charge in [0.2, 0.25) is 5.91 Å². The molecule has 1 fully saturated rings. The summed E-state index contributed by atoms with van der Waals surface area (Å²) in [4.78, 5) is 14.0. The molecule has 0 atom stereocenters. The predicted octanol–water partition coefficient (Wildman–Crippen LogP) is 3.78. The van der Waals surface area contributed by atoms with Crippen LogP contribution >= 0.6 is 15.9 Å². The highest BCUT2D eigenvalue weighted by Crippen LogP contribution is 2.34. The van der Waals surface area contributed by atoms with Crippen LogP contribution in [-0.2, 0) is 14.8 Å². The molecule has 1 heterocycles. The maximum Gasteiger partial charge on any atom is 0.261 e. The minimum atomic E-state index is -3.71. The Morgan fingerprint density at radius 3 is 2.50 bits per heavy atom. The third kappa shape index (κ3) is 4.02. The Balaban J connectivity index is 1.87. The number of amides is 1. The van der Waals surface area contributed by atoms with Crippen LogP contribution in [0.5, 0.6) is 5.75 Å². The number of anilines is 2. The molecule has 0 saturated carbocycles. The standard InChI is InChI=1S/C18H19BrN2O4S/c1-25-17-12-14(7-10-16(17)21-11-3-2-4-18(21)22)20-26(23,24)15-8-5-13(19)6-9-15/h5-10,12,20H,2-4,11H2,1H3. The van der Waals surface area contributed by atoms with Crippen molar-refractivity contribution in [2.45, 2.75) is 24.2 Å². The van der Waals surface area contributed by atoms with E-state index in [0.717, 1.165) is 17.3 Å². The summed E-state index contributed by atoms with van der Waals surface area (Å²) in [5.41, 5.74) is 1.03. The van der Waals surface area contributed by atoms with Gasteiger partial charge in [-0.25, -0.2) is 8.42 Å². The number of hydrogen-bond acceptors (Lipinski definition) is 4. The van der Waals surface area contributed by atoms with E-state index < -0.39 is 10.0 Å². The Hall–Kier alpha value is -2.06. The number of carbonyl (C=O) groups is 1. The predicted molar refractivity (Wildman–Crippen MR) is 104 cm³/mol. The third-order valence-electron chi connectivity index (χ3n) is 4.17. The molecular weight excluding hydrogens is 420 g/mol. The summed E-state index contributed by atoms with van der Waals surface area (Å²) in [6, 6.07) is 11.3. The second-order valence-electron chi connectivity index (χ2n) is 5.95. The van der Waals surface area contributed by atoms with Gasteiger partial charge in [0.1, 0.15) is 5.75 Å². The van der Waals surface area contributed by atoms with Crippen molar-refractivity contribution in [2.75, 3.05) is 23.3 Å². The van der Waals surface area contributed by atoms with Crippen LogP contribution in [0.15, 0.2) is 51.8 Å². The number of methoxy groups -OCH3 is 1. The summed E-state index contributed by atoms with van der Waals surface area (Å²) in [6.45, 7) is 0.638. The number of benzene rings is 2. The molecule has 6 nitrogen and oxygen atoms in total. The summed E-state index contributed by atoms with van der Waals surface area (Å²) in [7, 11) is -2.21. The first-order chi connectivity index (χ1) is 12.4. The van der Waals surface area contributed by atoms with E-state index in [2.05, 4.69) is 20.7 Å². The molecule has 138 valence electrons. The zero-order valence-corrected chi connectivity index (χ0v) is 16.6. The monoisotopic (exact) mass is 438 g/mol. The van der Waals surface area contributed by atoms with E-state index in [1.54, 1.807) is 35.2 Å². The summed E-state index contributed by atoms with van der Waals surface area (Å²) in [5, 5.41) is 0. The van der Waals surface area contributed by atoms with Gasteiger partial charge < -0.3 is 9.64 Å². The van der Waals surface area contributed by atoms with Crippen molar-refractivity contribution in [3.63, 3.8) is 0 Å². The number of nitrogens with zero attached hydrogens (tertiary/aromatic N) is 1. The Morgan fingerprint density at radius 1 is 1.12 bits per heavy atom. The molecule has 1 saturated heterocycles. The normalized spacial score (nSPS) is 15.0. The van der Waals surface area contributed by atoms with E-state index in [0.29, 0.717) is 30.1 Å². The first-order valence-electron chi connectivity index (χ1n) is 8.17. The SMILES string of the molecule is COc1cc(NS(=O)(=O)c2ccc(Br)cc2)ccc1N1CCCCC1=O. The Kier molecular flexibility index (Phi) is 5.52. The highest BCUT2D eigenvalue weighted by Gasteiger charge is 2.23. The first-order valence-corrected chi connectivity index (χ1v) is 10.4. The molecule has 1 N–H and O–H groups in total. The van der Waals surface area contributed by atoms with Gasteiger partial charge in [0.05, 0.1) is 23.4 Å². The molecule has 8 heteroatoms. The molecule has 1 amide bonds. The molecule has 0 unspecified atom stereocenters. The van der Waals surface area contributed by atoms with Gasteiger partial charge >= 0.3 is 0 Å². The van der Waals surface area contributed by atoms with Crippen molar-refractivity contribution in [3.05, 3.63) is 46.9 Å². The fourth-order valence-electron chi connectivity index (χ4n) is 2.85. The fraction of sp³-hybridized carbons (Fsp3) is 0.278. The van der Waals surface area contributed by atoms with Gasteiger partial charge in [-0.05, 0) is 49.2 Å². The summed E-state index contributed by atoms with van der Waals surface area (Å²) in [6.07, 6.45) is 2.34. The van der Waals surface area contributed by atoms with E-state index in [1.165, 1.54) is 19.2 Å². The molecule has 26 heavy (non-hydrogen) atoms. The van der Waals surface area contributed by atoms with E-state index in [-0.39, 0.29) is 10.8 Å². The van der Waals surface area contributed by atoms with Gasteiger partial charge in [-0.15, -0.1) is 0 Å². The second-order valence-corrected chi connectivity index (χ2v) is 8.55. The number of carbonyl (C=O) groups excluding carboxylic acids is 1. The number of piperidine rings is 1. The molecule has 1 aliphatic rings. The molecule has 2 aromatic rings. The zero-order chi connectivity index (χ0) is 18.7. The quantitative estimate of drug-likeness (QED) is 0.770. The van der Waals surface area contributed by atoms with E-state index >= 15 is 0 Å². The van der Waals surface area contributed by atoms with Gasteiger partial charge in [-0.1, -0.05) is 15.9 Å². The summed E-state index contributed by atoms with van der Waals surface area (Å²) < 4.78 is 33.8. The van der Waals surface area contributed by atoms with Crippen molar-refractivity contribution in [1.82, 2.24) is 0 Å². The van der Waals surface area contributed by atoms with Gasteiger partial charge in [-0.2, -0.15) is 0 Å². The molecule has 0 spiro atoms.